The summed E-state index contributed by atoms with van der Waals surface area (Å²) in [5.74, 6) is 4.58. The zero-order chi connectivity index (χ0) is 12.1. The van der Waals surface area contributed by atoms with Crippen molar-refractivity contribution in [3.8, 4) is 0 Å². The van der Waals surface area contributed by atoms with Crippen molar-refractivity contribution in [2.45, 2.75) is 44.6 Å². The van der Waals surface area contributed by atoms with Gasteiger partial charge in [0.15, 0.2) is 0 Å². The highest BCUT2D eigenvalue weighted by atomic mass is 16.2. The molecule has 5 fully saturated rings. The number of amides is 1. The van der Waals surface area contributed by atoms with Crippen molar-refractivity contribution >= 4 is 5.91 Å². The molecule has 2 N–H and O–H groups in total. The first-order valence-electron chi connectivity index (χ1n) is 7.82. The average molecular weight is 248 g/mol. The zero-order valence-corrected chi connectivity index (χ0v) is 11.0. The van der Waals surface area contributed by atoms with E-state index in [2.05, 4.69) is 10.6 Å². The van der Waals surface area contributed by atoms with Crippen molar-refractivity contribution < 1.29 is 4.79 Å². The van der Waals surface area contributed by atoms with E-state index in [1.165, 1.54) is 32.1 Å². The van der Waals surface area contributed by atoms with Gasteiger partial charge >= 0.3 is 0 Å². The summed E-state index contributed by atoms with van der Waals surface area (Å²) >= 11 is 0. The minimum Gasteiger partial charge on any atom is -0.355 e. The first kappa shape index (κ1) is 11.3. The molecular weight excluding hydrogens is 224 g/mol. The summed E-state index contributed by atoms with van der Waals surface area (Å²) in [6, 6.07) is 0.113. The molecule has 1 aliphatic heterocycles. The van der Waals surface area contributed by atoms with Gasteiger partial charge < -0.3 is 10.6 Å². The van der Waals surface area contributed by atoms with Crippen molar-refractivity contribution in [1.82, 2.24) is 10.6 Å². The molecule has 0 aromatic carbocycles. The van der Waals surface area contributed by atoms with Crippen LogP contribution >= 0.6 is 0 Å². The molecule has 1 heterocycles. The van der Waals surface area contributed by atoms with Crippen LogP contribution in [0.3, 0.4) is 0 Å². The molecule has 5 aliphatic rings. The van der Waals surface area contributed by atoms with Gasteiger partial charge in [0, 0.05) is 6.54 Å². The van der Waals surface area contributed by atoms with Crippen molar-refractivity contribution in [3.05, 3.63) is 0 Å². The van der Waals surface area contributed by atoms with E-state index in [-0.39, 0.29) is 11.9 Å². The summed E-state index contributed by atoms with van der Waals surface area (Å²) < 4.78 is 0. The SMILES string of the molecule is O=C1NCCCNC1C1C2CC3CC(C2)CC1C3. The molecule has 4 saturated carbocycles. The Morgan fingerprint density at radius 1 is 0.889 bits per heavy atom. The van der Waals surface area contributed by atoms with E-state index in [4.69, 9.17) is 0 Å². The summed E-state index contributed by atoms with van der Waals surface area (Å²) in [5, 5.41) is 6.65. The lowest BCUT2D eigenvalue weighted by atomic mass is 9.50. The van der Waals surface area contributed by atoms with Crippen molar-refractivity contribution in [2.75, 3.05) is 13.1 Å². The molecule has 4 bridgehead atoms. The fraction of sp³-hybridized carbons (Fsp3) is 0.933. The Morgan fingerprint density at radius 3 is 2.22 bits per heavy atom. The summed E-state index contributed by atoms with van der Waals surface area (Å²) in [4.78, 5) is 12.3. The number of hydrogen-bond acceptors (Lipinski definition) is 2. The molecule has 1 atom stereocenters. The fourth-order valence-corrected chi connectivity index (χ4v) is 5.58. The molecule has 0 aromatic rings. The molecule has 18 heavy (non-hydrogen) atoms. The number of carbonyl (C=O) groups excluding carboxylic acids is 1. The van der Waals surface area contributed by atoms with Gasteiger partial charge in [-0.05, 0) is 74.7 Å². The minimum atomic E-state index is 0.113. The van der Waals surface area contributed by atoms with Gasteiger partial charge in [-0.3, -0.25) is 4.79 Å². The Kier molecular flexibility index (Phi) is 2.65. The quantitative estimate of drug-likeness (QED) is 0.739. The first-order valence-corrected chi connectivity index (χ1v) is 7.82. The lowest BCUT2D eigenvalue weighted by molar-refractivity contribution is -0.129. The van der Waals surface area contributed by atoms with Crippen LogP contribution in [-0.4, -0.2) is 25.0 Å². The second kappa shape index (κ2) is 4.22. The molecule has 0 spiro atoms. The normalized spacial score (nSPS) is 51.0. The van der Waals surface area contributed by atoms with Crippen LogP contribution in [0.4, 0.5) is 0 Å². The Balaban J connectivity index is 1.58. The van der Waals surface area contributed by atoms with E-state index in [0.29, 0.717) is 5.92 Å². The molecule has 4 aliphatic carbocycles. The third-order valence-corrected chi connectivity index (χ3v) is 5.98. The van der Waals surface area contributed by atoms with Gasteiger partial charge in [0.05, 0.1) is 6.04 Å². The first-order chi connectivity index (χ1) is 8.81. The van der Waals surface area contributed by atoms with E-state index in [1.807, 2.05) is 0 Å². The van der Waals surface area contributed by atoms with Gasteiger partial charge in [-0.25, -0.2) is 0 Å². The van der Waals surface area contributed by atoms with E-state index in [1.54, 1.807) is 0 Å². The van der Waals surface area contributed by atoms with Gasteiger partial charge in [-0.2, -0.15) is 0 Å². The molecule has 0 radical (unpaired) electrons. The van der Waals surface area contributed by atoms with Crippen LogP contribution in [0, 0.1) is 29.6 Å². The Morgan fingerprint density at radius 2 is 1.56 bits per heavy atom. The fourth-order valence-electron chi connectivity index (χ4n) is 5.58. The molecular formula is C15H24N2O. The number of rotatable bonds is 1. The molecule has 5 rings (SSSR count). The number of hydrogen-bond donors (Lipinski definition) is 2. The van der Waals surface area contributed by atoms with Gasteiger partial charge in [0.25, 0.3) is 0 Å². The lowest BCUT2D eigenvalue weighted by Crippen LogP contribution is -2.57. The van der Waals surface area contributed by atoms with Crippen LogP contribution in [0.5, 0.6) is 0 Å². The highest BCUT2D eigenvalue weighted by molar-refractivity contribution is 5.82. The lowest BCUT2D eigenvalue weighted by Gasteiger charge is -2.56. The van der Waals surface area contributed by atoms with Crippen molar-refractivity contribution in [2.24, 2.45) is 29.6 Å². The Labute approximate surface area is 109 Å². The third-order valence-electron chi connectivity index (χ3n) is 5.98. The number of nitrogens with one attached hydrogen (secondary N) is 2. The maximum Gasteiger partial charge on any atom is 0.237 e. The second-order valence-corrected chi connectivity index (χ2v) is 7.08. The second-order valence-electron chi connectivity index (χ2n) is 7.08. The van der Waals surface area contributed by atoms with Crippen LogP contribution in [0.1, 0.15) is 38.5 Å². The predicted octanol–water partition coefficient (Wildman–Crippen LogP) is 1.54. The standard InChI is InChI=1S/C15H24N2O/c18-15-14(16-2-1-3-17-15)13-11-5-9-4-10(7-11)8-12(13)6-9/h9-14,16H,1-8H2,(H,17,18). The largest absolute Gasteiger partial charge is 0.355 e. The van der Waals surface area contributed by atoms with Gasteiger partial charge in [0.1, 0.15) is 0 Å². The number of carbonyl (C=O) groups is 1. The summed E-state index contributed by atoms with van der Waals surface area (Å²) in [7, 11) is 0. The van der Waals surface area contributed by atoms with Gasteiger partial charge in [-0.1, -0.05) is 0 Å². The van der Waals surface area contributed by atoms with Gasteiger partial charge in [-0.15, -0.1) is 0 Å². The molecule has 3 heteroatoms. The predicted molar refractivity (Wildman–Crippen MR) is 70.0 cm³/mol. The van der Waals surface area contributed by atoms with Crippen LogP contribution < -0.4 is 10.6 Å². The van der Waals surface area contributed by atoms with Crippen LogP contribution in [0.25, 0.3) is 0 Å². The van der Waals surface area contributed by atoms with E-state index in [9.17, 15) is 4.79 Å². The summed E-state index contributed by atoms with van der Waals surface area (Å²) in [6.07, 6.45) is 8.19. The molecule has 0 aromatic heterocycles. The molecule has 3 nitrogen and oxygen atoms in total. The van der Waals surface area contributed by atoms with Gasteiger partial charge in [0.2, 0.25) is 5.91 Å². The highest BCUT2D eigenvalue weighted by Gasteiger charge is 2.51. The maximum absolute atomic E-state index is 12.3. The Hall–Kier alpha value is -0.570. The van der Waals surface area contributed by atoms with E-state index < -0.39 is 0 Å². The monoisotopic (exact) mass is 248 g/mol. The topological polar surface area (TPSA) is 41.1 Å². The summed E-state index contributed by atoms with van der Waals surface area (Å²) in [5.41, 5.74) is 0. The average Bonchev–Trinajstić information content (AvgIpc) is 2.54. The van der Waals surface area contributed by atoms with Crippen molar-refractivity contribution in [1.29, 1.82) is 0 Å². The van der Waals surface area contributed by atoms with E-state index >= 15 is 0 Å². The van der Waals surface area contributed by atoms with Crippen LogP contribution in [0.2, 0.25) is 0 Å². The molecule has 1 amide bonds. The molecule has 1 saturated heterocycles. The maximum atomic E-state index is 12.3. The molecule has 100 valence electrons. The van der Waals surface area contributed by atoms with Crippen LogP contribution in [0.15, 0.2) is 0 Å². The van der Waals surface area contributed by atoms with Crippen LogP contribution in [-0.2, 0) is 4.79 Å². The smallest absolute Gasteiger partial charge is 0.237 e. The minimum absolute atomic E-state index is 0.113. The third kappa shape index (κ3) is 1.70. The Bertz CT molecular complexity index is 326. The summed E-state index contributed by atoms with van der Waals surface area (Å²) in [6.45, 7) is 1.86. The highest BCUT2D eigenvalue weighted by Crippen LogP contribution is 2.57. The van der Waals surface area contributed by atoms with Crippen molar-refractivity contribution in [3.63, 3.8) is 0 Å². The van der Waals surface area contributed by atoms with E-state index in [0.717, 1.165) is 43.2 Å². The zero-order valence-electron chi connectivity index (χ0n) is 11.0. The molecule has 1 unspecified atom stereocenters.